The summed E-state index contributed by atoms with van der Waals surface area (Å²) >= 11 is 0. The van der Waals surface area contributed by atoms with Crippen molar-refractivity contribution in [2.24, 2.45) is 0 Å². The van der Waals surface area contributed by atoms with Crippen LogP contribution in [0.15, 0.2) is 24.3 Å². The molecule has 0 aromatic heterocycles. The Balaban J connectivity index is 1.56. The van der Waals surface area contributed by atoms with E-state index in [-0.39, 0.29) is 12.1 Å². The number of fused-ring (bicyclic) bond motifs is 1. The highest BCUT2D eigenvalue weighted by molar-refractivity contribution is 5.92. The van der Waals surface area contributed by atoms with E-state index in [2.05, 4.69) is 13.0 Å². The third kappa shape index (κ3) is 5.47. The largest absolute Gasteiger partial charge is 0.458 e. The Morgan fingerprint density at radius 3 is 2.32 bits per heavy atom. The van der Waals surface area contributed by atoms with Gasteiger partial charge in [0.1, 0.15) is 6.10 Å². The van der Waals surface area contributed by atoms with Gasteiger partial charge in [0.2, 0.25) is 0 Å². The molecule has 122 valence electrons. The van der Waals surface area contributed by atoms with Crippen LogP contribution in [0.3, 0.4) is 0 Å². The lowest BCUT2D eigenvalue weighted by Gasteiger charge is -2.24. The Bertz CT molecular complexity index is 453. The van der Waals surface area contributed by atoms with Crippen LogP contribution < -0.4 is 0 Å². The van der Waals surface area contributed by atoms with Gasteiger partial charge in [-0.25, -0.2) is 4.79 Å². The summed E-state index contributed by atoms with van der Waals surface area (Å²) in [7, 11) is 0. The molecule has 22 heavy (non-hydrogen) atoms. The van der Waals surface area contributed by atoms with Crippen molar-refractivity contribution >= 4 is 5.97 Å². The van der Waals surface area contributed by atoms with Crippen LogP contribution in [-0.2, 0) is 11.2 Å². The standard InChI is InChI=1S/C20H30O2/c1-2-3-4-5-6-7-8-9-10-14-18-16-17-13-11-12-15-19(17)20(21)22-18/h11-13,15,18H,2-10,14,16H2,1H3/t18-/m0/s1. The number of ether oxygens (including phenoxy) is 1. The molecule has 2 rings (SSSR count). The molecule has 2 heteroatoms. The van der Waals surface area contributed by atoms with Crippen molar-refractivity contribution in [2.45, 2.75) is 83.7 Å². The van der Waals surface area contributed by atoms with Crippen molar-refractivity contribution < 1.29 is 9.53 Å². The number of esters is 1. The molecule has 0 saturated heterocycles. The summed E-state index contributed by atoms with van der Waals surface area (Å²) in [5, 5.41) is 0. The first kappa shape index (κ1) is 17.1. The van der Waals surface area contributed by atoms with Gasteiger partial charge in [-0.05, 0) is 24.5 Å². The number of carbonyl (C=O) groups is 1. The summed E-state index contributed by atoms with van der Waals surface area (Å²) < 4.78 is 5.55. The van der Waals surface area contributed by atoms with Gasteiger partial charge >= 0.3 is 5.97 Å². The van der Waals surface area contributed by atoms with E-state index >= 15 is 0 Å². The molecule has 1 aromatic carbocycles. The molecular formula is C20H30O2. The zero-order valence-electron chi connectivity index (χ0n) is 14.0. The van der Waals surface area contributed by atoms with Gasteiger partial charge in [0.25, 0.3) is 0 Å². The van der Waals surface area contributed by atoms with Gasteiger partial charge in [-0.2, -0.15) is 0 Å². The number of cyclic esters (lactones) is 1. The lowest BCUT2D eigenvalue weighted by Crippen LogP contribution is -2.27. The monoisotopic (exact) mass is 302 g/mol. The van der Waals surface area contributed by atoms with Crippen molar-refractivity contribution in [3.8, 4) is 0 Å². The highest BCUT2D eigenvalue weighted by atomic mass is 16.5. The second-order valence-electron chi connectivity index (χ2n) is 6.51. The number of benzene rings is 1. The van der Waals surface area contributed by atoms with E-state index in [4.69, 9.17) is 4.74 Å². The van der Waals surface area contributed by atoms with Crippen molar-refractivity contribution in [1.29, 1.82) is 0 Å². The summed E-state index contributed by atoms with van der Waals surface area (Å²) in [5.74, 6) is -0.136. The summed E-state index contributed by atoms with van der Waals surface area (Å²) in [5.41, 5.74) is 1.91. The Labute approximate surface area is 135 Å². The minimum Gasteiger partial charge on any atom is -0.458 e. The highest BCUT2D eigenvalue weighted by Gasteiger charge is 2.25. The predicted molar refractivity (Wildman–Crippen MR) is 91.2 cm³/mol. The van der Waals surface area contributed by atoms with Crippen LogP contribution in [0, 0.1) is 0 Å². The summed E-state index contributed by atoms with van der Waals surface area (Å²) in [4.78, 5) is 11.9. The van der Waals surface area contributed by atoms with Crippen LogP contribution in [0.2, 0.25) is 0 Å². The van der Waals surface area contributed by atoms with E-state index in [0.717, 1.165) is 24.0 Å². The second-order valence-corrected chi connectivity index (χ2v) is 6.51. The molecule has 1 aliphatic heterocycles. The summed E-state index contributed by atoms with van der Waals surface area (Å²) in [6.45, 7) is 2.26. The molecule has 0 fully saturated rings. The van der Waals surface area contributed by atoms with Gasteiger partial charge in [-0.1, -0.05) is 76.5 Å². The normalized spacial score (nSPS) is 17.1. The van der Waals surface area contributed by atoms with Gasteiger partial charge in [0.05, 0.1) is 5.56 Å². The molecule has 0 bridgehead atoms. The van der Waals surface area contributed by atoms with Gasteiger partial charge in [0, 0.05) is 6.42 Å². The van der Waals surface area contributed by atoms with Crippen LogP contribution >= 0.6 is 0 Å². The smallest absolute Gasteiger partial charge is 0.338 e. The fourth-order valence-corrected chi connectivity index (χ4v) is 3.24. The van der Waals surface area contributed by atoms with Gasteiger partial charge in [0.15, 0.2) is 0 Å². The van der Waals surface area contributed by atoms with Crippen LogP contribution in [-0.4, -0.2) is 12.1 Å². The Hall–Kier alpha value is -1.31. The molecular weight excluding hydrogens is 272 g/mol. The Kier molecular flexibility index (Phi) is 7.48. The van der Waals surface area contributed by atoms with Crippen molar-refractivity contribution in [1.82, 2.24) is 0 Å². The van der Waals surface area contributed by atoms with E-state index in [1.807, 2.05) is 18.2 Å². The lowest BCUT2D eigenvalue weighted by molar-refractivity contribution is 0.0232. The molecule has 0 spiro atoms. The molecule has 0 amide bonds. The zero-order chi connectivity index (χ0) is 15.6. The van der Waals surface area contributed by atoms with E-state index in [1.54, 1.807) is 0 Å². The number of hydrogen-bond donors (Lipinski definition) is 0. The molecule has 1 aliphatic rings. The van der Waals surface area contributed by atoms with E-state index in [9.17, 15) is 4.79 Å². The third-order valence-electron chi connectivity index (χ3n) is 4.59. The maximum atomic E-state index is 11.9. The van der Waals surface area contributed by atoms with Crippen molar-refractivity contribution in [2.75, 3.05) is 0 Å². The third-order valence-corrected chi connectivity index (χ3v) is 4.59. The fourth-order valence-electron chi connectivity index (χ4n) is 3.24. The van der Waals surface area contributed by atoms with E-state index in [1.165, 1.54) is 57.8 Å². The predicted octanol–water partition coefficient (Wildman–Crippen LogP) is 5.69. The molecule has 1 heterocycles. The first-order valence-corrected chi connectivity index (χ1v) is 9.10. The quantitative estimate of drug-likeness (QED) is 0.410. The molecule has 0 radical (unpaired) electrons. The number of carbonyl (C=O) groups excluding carboxylic acids is 1. The minimum atomic E-state index is -0.136. The SMILES string of the molecule is CCCCCCCCCCC[C@H]1Cc2ccccc2C(=O)O1. The van der Waals surface area contributed by atoms with Crippen LogP contribution in [0.1, 0.15) is 87.1 Å². The lowest BCUT2D eigenvalue weighted by atomic mass is 9.95. The first-order valence-electron chi connectivity index (χ1n) is 9.10. The minimum absolute atomic E-state index is 0.0898. The zero-order valence-corrected chi connectivity index (χ0v) is 14.0. The fraction of sp³-hybridized carbons (Fsp3) is 0.650. The molecule has 1 atom stereocenters. The number of rotatable bonds is 10. The highest BCUT2D eigenvalue weighted by Crippen LogP contribution is 2.23. The average Bonchev–Trinajstić information content (AvgIpc) is 2.53. The maximum Gasteiger partial charge on any atom is 0.338 e. The average molecular weight is 302 g/mol. The molecule has 2 nitrogen and oxygen atoms in total. The van der Waals surface area contributed by atoms with Crippen molar-refractivity contribution in [3.05, 3.63) is 35.4 Å². The molecule has 0 unspecified atom stereocenters. The Morgan fingerprint density at radius 1 is 0.955 bits per heavy atom. The Morgan fingerprint density at radius 2 is 1.59 bits per heavy atom. The second kappa shape index (κ2) is 9.66. The van der Waals surface area contributed by atoms with Crippen LogP contribution in [0.5, 0.6) is 0 Å². The van der Waals surface area contributed by atoms with E-state index < -0.39 is 0 Å². The number of unbranched alkanes of at least 4 members (excludes halogenated alkanes) is 8. The molecule has 0 N–H and O–H groups in total. The van der Waals surface area contributed by atoms with Crippen molar-refractivity contribution in [3.63, 3.8) is 0 Å². The summed E-state index contributed by atoms with van der Waals surface area (Å²) in [6, 6.07) is 7.83. The topological polar surface area (TPSA) is 26.3 Å². The molecule has 0 aliphatic carbocycles. The van der Waals surface area contributed by atoms with E-state index in [0.29, 0.717) is 0 Å². The number of hydrogen-bond acceptors (Lipinski definition) is 2. The van der Waals surface area contributed by atoms with Gasteiger partial charge < -0.3 is 4.74 Å². The van der Waals surface area contributed by atoms with Gasteiger partial charge in [-0.3, -0.25) is 0 Å². The van der Waals surface area contributed by atoms with Crippen LogP contribution in [0.4, 0.5) is 0 Å². The van der Waals surface area contributed by atoms with Gasteiger partial charge in [-0.15, -0.1) is 0 Å². The summed E-state index contributed by atoms with van der Waals surface area (Å²) in [6.07, 6.45) is 14.0. The first-order chi connectivity index (χ1) is 10.8. The van der Waals surface area contributed by atoms with Crippen LogP contribution in [0.25, 0.3) is 0 Å². The maximum absolute atomic E-state index is 11.9. The molecule has 1 aromatic rings. The molecule has 0 saturated carbocycles.